The second-order valence-corrected chi connectivity index (χ2v) is 6.16. The van der Waals surface area contributed by atoms with Crippen molar-refractivity contribution in [3.8, 4) is 0 Å². The first-order valence-corrected chi connectivity index (χ1v) is 8.17. The van der Waals surface area contributed by atoms with Gasteiger partial charge in [0.25, 0.3) is 0 Å². The lowest BCUT2D eigenvalue weighted by Crippen LogP contribution is -2.52. The quantitative estimate of drug-likeness (QED) is 0.868. The van der Waals surface area contributed by atoms with Crippen LogP contribution in [0.25, 0.3) is 0 Å². The van der Waals surface area contributed by atoms with Crippen LogP contribution in [0.1, 0.15) is 51.5 Å². The summed E-state index contributed by atoms with van der Waals surface area (Å²) in [5.74, 6) is -0.665. The lowest BCUT2D eigenvalue weighted by Gasteiger charge is -2.44. The molecule has 3 heteroatoms. The van der Waals surface area contributed by atoms with Gasteiger partial charge in [0.15, 0.2) is 0 Å². The van der Waals surface area contributed by atoms with Crippen LogP contribution in [-0.4, -0.2) is 35.1 Å². The third kappa shape index (κ3) is 3.29. The summed E-state index contributed by atoms with van der Waals surface area (Å²) in [5.41, 5.74) is 0.260. The van der Waals surface area contributed by atoms with Crippen molar-refractivity contribution in [2.75, 3.05) is 13.1 Å². The number of carboxylic acid groups (broad SMARTS) is 1. The van der Waals surface area contributed by atoms with Gasteiger partial charge in [-0.25, -0.2) is 0 Å². The molecule has 2 rings (SSSR count). The number of benzene rings is 1. The Morgan fingerprint density at radius 1 is 1.33 bits per heavy atom. The van der Waals surface area contributed by atoms with Gasteiger partial charge >= 0.3 is 5.97 Å². The van der Waals surface area contributed by atoms with Crippen molar-refractivity contribution in [1.82, 2.24) is 4.90 Å². The molecule has 1 aliphatic rings. The normalized spacial score (nSPS) is 26.7. The van der Waals surface area contributed by atoms with E-state index in [-0.39, 0.29) is 0 Å². The highest BCUT2D eigenvalue weighted by molar-refractivity contribution is 5.81. The Morgan fingerprint density at radius 3 is 2.62 bits per heavy atom. The Kier molecular flexibility index (Phi) is 5.40. The van der Waals surface area contributed by atoms with Crippen molar-refractivity contribution in [3.05, 3.63) is 35.9 Å². The Labute approximate surface area is 128 Å². The van der Waals surface area contributed by atoms with Crippen molar-refractivity contribution in [2.24, 2.45) is 0 Å². The Hall–Kier alpha value is -1.35. The molecule has 1 fully saturated rings. The first-order chi connectivity index (χ1) is 10.1. The SMILES string of the molecule is CCCCN1CCC(C(=O)O)(c2ccccc2)CC1CC. The minimum Gasteiger partial charge on any atom is -0.481 e. The molecule has 0 radical (unpaired) electrons. The molecule has 0 aromatic heterocycles. The third-order valence-corrected chi connectivity index (χ3v) is 4.93. The third-order valence-electron chi connectivity index (χ3n) is 4.93. The van der Waals surface area contributed by atoms with Gasteiger partial charge in [-0.1, -0.05) is 50.6 Å². The molecule has 0 amide bonds. The minimum atomic E-state index is -0.704. The standard InChI is InChI=1S/C18H27NO2/c1-3-5-12-19-13-11-18(17(20)21,14-16(19)4-2)15-9-7-6-8-10-15/h6-10,16H,3-5,11-14H2,1-2H3,(H,20,21). The highest BCUT2D eigenvalue weighted by Crippen LogP contribution is 2.39. The summed E-state index contributed by atoms with van der Waals surface area (Å²) in [6.07, 6.45) is 4.85. The number of carboxylic acids is 1. The number of nitrogens with zero attached hydrogens (tertiary/aromatic N) is 1. The van der Waals surface area contributed by atoms with Crippen LogP contribution in [0, 0.1) is 0 Å². The molecule has 1 saturated heterocycles. The van der Waals surface area contributed by atoms with E-state index in [0.29, 0.717) is 12.5 Å². The number of aliphatic carboxylic acids is 1. The zero-order valence-corrected chi connectivity index (χ0v) is 13.2. The second-order valence-electron chi connectivity index (χ2n) is 6.16. The van der Waals surface area contributed by atoms with E-state index in [1.807, 2.05) is 30.3 Å². The predicted molar refractivity (Wildman–Crippen MR) is 85.5 cm³/mol. The Morgan fingerprint density at radius 2 is 2.05 bits per heavy atom. The molecule has 21 heavy (non-hydrogen) atoms. The first-order valence-electron chi connectivity index (χ1n) is 8.17. The van der Waals surface area contributed by atoms with Gasteiger partial charge in [-0.05, 0) is 44.3 Å². The summed E-state index contributed by atoms with van der Waals surface area (Å²) in [5, 5.41) is 9.90. The topological polar surface area (TPSA) is 40.5 Å². The lowest BCUT2D eigenvalue weighted by atomic mass is 9.70. The molecule has 0 spiro atoms. The molecular weight excluding hydrogens is 262 g/mol. The van der Waals surface area contributed by atoms with Gasteiger partial charge in [0.1, 0.15) is 0 Å². The average Bonchev–Trinajstić information content (AvgIpc) is 2.53. The largest absolute Gasteiger partial charge is 0.481 e. The molecule has 2 atom stereocenters. The van der Waals surface area contributed by atoms with Crippen molar-refractivity contribution in [1.29, 1.82) is 0 Å². The van der Waals surface area contributed by atoms with E-state index in [1.165, 1.54) is 12.8 Å². The highest BCUT2D eigenvalue weighted by Gasteiger charge is 2.46. The fourth-order valence-electron chi connectivity index (χ4n) is 3.55. The maximum Gasteiger partial charge on any atom is 0.314 e. The van der Waals surface area contributed by atoms with E-state index in [2.05, 4.69) is 18.7 Å². The average molecular weight is 289 g/mol. The molecule has 0 aliphatic carbocycles. The summed E-state index contributed by atoms with van der Waals surface area (Å²) in [7, 11) is 0. The lowest BCUT2D eigenvalue weighted by molar-refractivity contribution is -0.147. The van der Waals surface area contributed by atoms with Gasteiger partial charge in [-0.2, -0.15) is 0 Å². The van der Waals surface area contributed by atoms with Crippen LogP contribution >= 0.6 is 0 Å². The van der Waals surface area contributed by atoms with Crippen LogP contribution in [0.3, 0.4) is 0 Å². The van der Waals surface area contributed by atoms with Gasteiger partial charge in [-0.3, -0.25) is 4.79 Å². The van der Waals surface area contributed by atoms with E-state index >= 15 is 0 Å². The summed E-state index contributed by atoms with van der Waals surface area (Å²) in [6, 6.07) is 10.2. The summed E-state index contributed by atoms with van der Waals surface area (Å²) < 4.78 is 0. The van der Waals surface area contributed by atoms with Crippen LogP contribution in [-0.2, 0) is 10.2 Å². The number of hydrogen-bond acceptors (Lipinski definition) is 2. The molecule has 1 aliphatic heterocycles. The maximum atomic E-state index is 12.0. The molecule has 1 N–H and O–H groups in total. The van der Waals surface area contributed by atoms with Gasteiger partial charge in [0, 0.05) is 6.04 Å². The van der Waals surface area contributed by atoms with Crippen molar-refractivity contribution >= 4 is 5.97 Å². The number of piperidine rings is 1. The second kappa shape index (κ2) is 7.08. The summed E-state index contributed by atoms with van der Waals surface area (Å²) in [6.45, 7) is 6.36. The molecule has 1 heterocycles. The monoisotopic (exact) mass is 289 g/mol. The van der Waals surface area contributed by atoms with E-state index in [1.54, 1.807) is 0 Å². The zero-order chi connectivity index (χ0) is 15.3. The molecule has 0 saturated carbocycles. The maximum absolute atomic E-state index is 12.0. The smallest absolute Gasteiger partial charge is 0.314 e. The van der Waals surface area contributed by atoms with Gasteiger partial charge < -0.3 is 10.0 Å². The first kappa shape index (κ1) is 16.0. The number of carbonyl (C=O) groups is 1. The van der Waals surface area contributed by atoms with Crippen molar-refractivity contribution < 1.29 is 9.90 Å². The van der Waals surface area contributed by atoms with E-state index in [0.717, 1.165) is 31.5 Å². The molecule has 1 aromatic carbocycles. The van der Waals surface area contributed by atoms with E-state index < -0.39 is 11.4 Å². The van der Waals surface area contributed by atoms with Crippen LogP contribution in [0.15, 0.2) is 30.3 Å². The van der Waals surface area contributed by atoms with Crippen molar-refractivity contribution in [2.45, 2.75) is 57.4 Å². The van der Waals surface area contributed by atoms with Gasteiger partial charge in [-0.15, -0.1) is 0 Å². The van der Waals surface area contributed by atoms with E-state index in [9.17, 15) is 9.90 Å². The van der Waals surface area contributed by atoms with Crippen LogP contribution in [0.2, 0.25) is 0 Å². The van der Waals surface area contributed by atoms with Crippen molar-refractivity contribution in [3.63, 3.8) is 0 Å². The zero-order valence-electron chi connectivity index (χ0n) is 13.2. The number of likely N-dealkylation sites (tertiary alicyclic amines) is 1. The molecule has 1 aromatic rings. The molecule has 3 nitrogen and oxygen atoms in total. The number of rotatable bonds is 6. The number of hydrogen-bond donors (Lipinski definition) is 1. The van der Waals surface area contributed by atoms with Crippen LogP contribution in [0.4, 0.5) is 0 Å². The predicted octanol–water partition coefficient (Wildman–Crippen LogP) is 3.68. The fraction of sp³-hybridized carbons (Fsp3) is 0.611. The molecule has 0 bridgehead atoms. The number of unbranched alkanes of at least 4 members (excludes halogenated alkanes) is 1. The summed E-state index contributed by atoms with van der Waals surface area (Å²) >= 11 is 0. The van der Waals surface area contributed by atoms with E-state index in [4.69, 9.17) is 0 Å². The molecule has 2 unspecified atom stereocenters. The van der Waals surface area contributed by atoms with Gasteiger partial charge in [0.2, 0.25) is 0 Å². The van der Waals surface area contributed by atoms with Crippen LogP contribution in [0.5, 0.6) is 0 Å². The Balaban J connectivity index is 2.23. The van der Waals surface area contributed by atoms with Gasteiger partial charge in [0.05, 0.1) is 5.41 Å². The minimum absolute atomic E-state index is 0.376. The molecule has 116 valence electrons. The van der Waals surface area contributed by atoms with Crippen LogP contribution < -0.4 is 0 Å². The fourth-order valence-corrected chi connectivity index (χ4v) is 3.55. The molecular formula is C18H27NO2. The Bertz CT molecular complexity index is 460. The highest BCUT2D eigenvalue weighted by atomic mass is 16.4. The summed E-state index contributed by atoms with van der Waals surface area (Å²) in [4.78, 5) is 14.5.